The first-order chi connectivity index (χ1) is 9.79. The van der Waals surface area contributed by atoms with Crippen LogP contribution in [0.4, 0.5) is 36.2 Å². The van der Waals surface area contributed by atoms with E-state index in [1.54, 1.807) is 0 Å². The van der Waals surface area contributed by atoms with Crippen LogP contribution in [-0.2, 0) is 6.18 Å². The van der Waals surface area contributed by atoms with Crippen molar-refractivity contribution in [1.29, 1.82) is 0 Å². The molecule has 0 saturated heterocycles. The monoisotopic (exact) mass is 299 g/mol. The molecule has 0 aliphatic rings. The maximum atomic E-state index is 12.4. The summed E-state index contributed by atoms with van der Waals surface area (Å²) in [4.78, 5) is 17.3. The molecule has 0 saturated carbocycles. The molecule has 0 fully saturated rings. The van der Waals surface area contributed by atoms with E-state index in [2.05, 4.69) is 15.3 Å². The Labute approximate surface area is 115 Å². The fourth-order valence-corrected chi connectivity index (χ4v) is 1.54. The molecule has 0 aliphatic heterocycles. The fourth-order valence-electron chi connectivity index (χ4n) is 1.54. The molecule has 110 valence electrons. The van der Waals surface area contributed by atoms with Gasteiger partial charge in [-0.25, -0.2) is 9.97 Å². The number of nitrogens with one attached hydrogen (secondary N) is 1. The van der Waals surface area contributed by atoms with E-state index >= 15 is 0 Å². The van der Waals surface area contributed by atoms with Crippen LogP contribution < -0.4 is 11.1 Å². The van der Waals surface area contributed by atoms with Crippen molar-refractivity contribution in [3.8, 4) is 0 Å². The van der Waals surface area contributed by atoms with Gasteiger partial charge < -0.3 is 11.1 Å². The molecule has 0 bridgehead atoms. The number of aromatic nitrogens is 2. The summed E-state index contributed by atoms with van der Waals surface area (Å²) >= 11 is 0. The highest BCUT2D eigenvalue weighted by molar-refractivity contribution is 5.74. The number of nitrogens with zero attached hydrogens (tertiary/aromatic N) is 3. The second-order valence-corrected chi connectivity index (χ2v) is 3.90. The van der Waals surface area contributed by atoms with Gasteiger partial charge in [0.05, 0.1) is 10.5 Å². The number of nitrogens with two attached hydrogens (primary N) is 1. The van der Waals surface area contributed by atoms with Gasteiger partial charge in [0.2, 0.25) is 5.82 Å². The number of anilines is 3. The van der Waals surface area contributed by atoms with Crippen molar-refractivity contribution in [1.82, 2.24) is 9.97 Å². The Balaban J connectivity index is 2.31. The van der Waals surface area contributed by atoms with Gasteiger partial charge in [0.25, 0.3) is 0 Å². The van der Waals surface area contributed by atoms with Gasteiger partial charge in [-0.15, -0.1) is 0 Å². The van der Waals surface area contributed by atoms with Gasteiger partial charge in [0, 0.05) is 12.4 Å². The van der Waals surface area contributed by atoms with Gasteiger partial charge in [-0.2, -0.15) is 13.2 Å². The number of nitrogen functional groups attached to an aromatic ring is 1. The molecule has 0 amide bonds. The summed E-state index contributed by atoms with van der Waals surface area (Å²) in [6.07, 6.45) is -2.65. The summed E-state index contributed by atoms with van der Waals surface area (Å²) in [5.41, 5.74) is 3.99. The highest BCUT2D eigenvalue weighted by atomic mass is 19.4. The van der Waals surface area contributed by atoms with Gasteiger partial charge in [-0.3, -0.25) is 10.1 Å². The van der Waals surface area contributed by atoms with Gasteiger partial charge in [0.1, 0.15) is 11.5 Å². The number of halogens is 3. The average molecular weight is 299 g/mol. The molecule has 0 atom stereocenters. The highest BCUT2D eigenvalue weighted by Gasteiger charge is 2.30. The third-order valence-electron chi connectivity index (χ3n) is 2.49. The number of hydrogen-bond acceptors (Lipinski definition) is 6. The van der Waals surface area contributed by atoms with Crippen LogP contribution >= 0.6 is 0 Å². The number of nitro groups is 1. The Morgan fingerprint density at radius 1 is 1.24 bits per heavy atom. The molecule has 2 aromatic heterocycles. The van der Waals surface area contributed by atoms with E-state index in [1.165, 1.54) is 12.3 Å². The van der Waals surface area contributed by atoms with Crippen LogP contribution in [0, 0.1) is 10.1 Å². The van der Waals surface area contributed by atoms with E-state index in [9.17, 15) is 23.3 Å². The predicted molar refractivity (Wildman–Crippen MR) is 67.8 cm³/mol. The zero-order chi connectivity index (χ0) is 15.6. The summed E-state index contributed by atoms with van der Waals surface area (Å²) < 4.78 is 37.2. The van der Waals surface area contributed by atoms with Crippen molar-refractivity contribution in [3.63, 3.8) is 0 Å². The quantitative estimate of drug-likeness (QED) is 0.666. The van der Waals surface area contributed by atoms with Crippen molar-refractivity contribution in [2.75, 3.05) is 11.1 Å². The Hall–Kier alpha value is -2.91. The molecule has 7 nitrogen and oxygen atoms in total. The smallest absolute Gasteiger partial charge is 0.378 e. The highest BCUT2D eigenvalue weighted by Crippen LogP contribution is 2.32. The maximum absolute atomic E-state index is 12.4. The molecule has 0 aromatic carbocycles. The van der Waals surface area contributed by atoms with Crippen LogP contribution in [0.1, 0.15) is 5.56 Å². The van der Waals surface area contributed by atoms with Crippen LogP contribution in [-0.4, -0.2) is 14.9 Å². The van der Waals surface area contributed by atoms with E-state index < -0.39 is 22.4 Å². The molecule has 2 aromatic rings. The lowest BCUT2D eigenvalue weighted by atomic mass is 10.2. The minimum absolute atomic E-state index is 0.0108. The van der Waals surface area contributed by atoms with Crippen molar-refractivity contribution < 1.29 is 18.1 Å². The molecule has 2 rings (SSSR count). The minimum Gasteiger partial charge on any atom is -0.378 e. The van der Waals surface area contributed by atoms with Crippen LogP contribution in [0.5, 0.6) is 0 Å². The first kappa shape index (κ1) is 14.5. The van der Waals surface area contributed by atoms with E-state index in [1.807, 2.05) is 0 Å². The van der Waals surface area contributed by atoms with Gasteiger partial charge in [0.15, 0.2) is 0 Å². The summed E-state index contributed by atoms with van der Waals surface area (Å²) in [5, 5.41) is 13.4. The topological polar surface area (TPSA) is 107 Å². The van der Waals surface area contributed by atoms with Crippen LogP contribution in [0.3, 0.4) is 0 Å². The number of rotatable bonds is 3. The average Bonchev–Trinajstić information content (AvgIpc) is 2.38. The first-order valence-corrected chi connectivity index (χ1v) is 5.48. The zero-order valence-corrected chi connectivity index (χ0v) is 10.3. The molecule has 0 unspecified atom stereocenters. The molecule has 0 radical (unpaired) electrons. The van der Waals surface area contributed by atoms with E-state index in [0.29, 0.717) is 6.20 Å². The SMILES string of the molecule is Nc1nccc(Nc2ccc(C(F)(F)F)cn2)c1[N+](=O)[O-]. The van der Waals surface area contributed by atoms with Crippen molar-refractivity contribution in [3.05, 3.63) is 46.3 Å². The third kappa shape index (κ3) is 3.16. The van der Waals surface area contributed by atoms with Gasteiger partial charge >= 0.3 is 11.9 Å². The fraction of sp³-hybridized carbons (Fsp3) is 0.0909. The Morgan fingerprint density at radius 3 is 2.48 bits per heavy atom. The molecule has 0 aliphatic carbocycles. The maximum Gasteiger partial charge on any atom is 0.417 e. The molecule has 0 spiro atoms. The summed E-state index contributed by atoms with van der Waals surface area (Å²) in [6, 6.07) is 3.14. The third-order valence-corrected chi connectivity index (χ3v) is 2.49. The van der Waals surface area contributed by atoms with Crippen molar-refractivity contribution >= 4 is 23.0 Å². The number of alkyl halides is 3. The Morgan fingerprint density at radius 2 is 1.95 bits per heavy atom. The van der Waals surface area contributed by atoms with E-state index in [0.717, 1.165) is 12.1 Å². The number of pyridine rings is 2. The van der Waals surface area contributed by atoms with E-state index in [-0.39, 0.29) is 17.3 Å². The lowest BCUT2D eigenvalue weighted by Gasteiger charge is -2.09. The molecule has 3 N–H and O–H groups in total. The largest absolute Gasteiger partial charge is 0.417 e. The summed E-state index contributed by atoms with van der Waals surface area (Å²) in [6.45, 7) is 0. The zero-order valence-electron chi connectivity index (χ0n) is 10.3. The molecule has 21 heavy (non-hydrogen) atoms. The lowest BCUT2D eigenvalue weighted by molar-refractivity contribution is -0.383. The minimum atomic E-state index is -4.50. The van der Waals surface area contributed by atoms with Crippen LogP contribution in [0.2, 0.25) is 0 Å². The number of hydrogen-bond donors (Lipinski definition) is 2. The Bertz CT molecular complexity index is 673. The van der Waals surface area contributed by atoms with Crippen LogP contribution in [0.15, 0.2) is 30.6 Å². The predicted octanol–water partition coefficient (Wildman–Crippen LogP) is 2.73. The van der Waals surface area contributed by atoms with E-state index in [4.69, 9.17) is 5.73 Å². The van der Waals surface area contributed by atoms with Crippen molar-refractivity contribution in [2.24, 2.45) is 0 Å². The summed E-state index contributed by atoms with van der Waals surface area (Å²) in [5.74, 6) is -0.298. The molecular weight excluding hydrogens is 291 g/mol. The molecule has 10 heteroatoms. The van der Waals surface area contributed by atoms with Crippen molar-refractivity contribution in [2.45, 2.75) is 6.18 Å². The Kier molecular flexibility index (Phi) is 3.61. The second-order valence-electron chi connectivity index (χ2n) is 3.90. The normalized spacial score (nSPS) is 11.2. The van der Waals surface area contributed by atoms with Crippen LogP contribution in [0.25, 0.3) is 0 Å². The van der Waals surface area contributed by atoms with Gasteiger partial charge in [-0.1, -0.05) is 0 Å². The molecular formula is C11H8F3N5O2. The second kappa shape index (κ2) is 5.23. The van der Waals surface area contributed by atoms with Gasteiger partial charge in [-0.05, 0) is 18.2 Å². The lowest BCUT2D eigenvalue weighted by Crippen LogP contribution is -2.06. The standard InChI is InChI=1S/C11H8F3N5O2/c12-11(13,14)6-1-2-8(17-5-6)18-7-3-4-16-10(15)9(7)19(20)21/h1-5H,(H3,15,16,17,18). The molecule has 2 heterocycles. The summed E-state index contributed by atoms with van der Waals surface area (Å²) in [7, 11) is 0. The first-order valence-electron chi connectivity index (χ1n) is 5.48.